The summed E-state index contributed by atoms with van der Waals surface area (Å²) in [5.41, 5.74) is 13.1. The lowest BCUT2D eigenvalue weighted by atomic mass is 9.88. The molecule has 2 fully saturated rings. The number of hydrogen-bond acceptors (Lipinski definition) is 11. The van der Waals surface area contributed by atoms with Crippen LogP contribution in [0.25, 0.3) is 0 Å². The van der Waals surface area contributed by atoms with E-state index in [0.717, 1.165) is 5.56 Å². The quantitative estimate of drug-likeness (QED) is 0.152. The molecule has 3 aromatic carbocycles. The molecule has 7 amide bonds. The van der Waals surface area contributed by atoms with E-state index < -0.39 is 28.4 Å². The van der Waals surface area contributed by atoms with Crippen LogP contribution < -0.4 is 35.9 Å². The molecule has 0 radical (unpaired) electrons. The topological polar surface area (TPSA) is 209 Å². The van der Waals surface area contributed by atoms with Gasteiger partial charge < -0.3 is 30.6 Å². The number of imide groups is 2. The molecule has 16 heteroatoms. The van der Waals surface area contributed by atoms with Gasteiger partial charge in [0, 0.05) is 74.0 Å². The zero-order valence-electron chi connectivity index (χ0n) is 34.5. The molecule has 4 heterocycles. The fourth-order valence-corrected chi connectivity index (χ4v) is 7.43. The van der Waals surface area contributed by atoms with E-state index >= 15 is 0 Å². The molecule has 5 aromatic rings. The van der Waals surface area contributed by atoms with Gasteiger partial charge in [-0.05, 0) is 54.1 Å². The second-order valence-electron chi connectivity index (χ2n) is 14.7. The molecular formula is C46H51N8O8+. The first-order valence-electron chi connectivity index (χ1n) is 20.3. The van der Waals surface area contributed by atoms with Crippen LogP contribution in [0.4, 0.5) is 15.3 Å². The Balaban J connectivity index is 0.000000218. The largest absolute Gasteiger partial charge is 0.497 e. The van der Waals surface area contributed by atoms with E-state index in [1.165, 1.54) is 4.90 Å². The molecule has 0 bridgehead atoms. The van der Waals surface area contributed by atoms with Crippen LogP contribution in [0.3, 0.4) is 0 Å². The van der Waals surface area contributed by atoms with Crippen LogP contribution in [0.5, 0.6) is 17.5 Å². The van der Waals surface area contributed by atoms with Crippen molar-refractivity contribution in [1.29, 1.82) is 0 Å². The first kappa shape index (κ1) is 44.4. The van der Waals surface area contributed by atoms with Crippen LogP contribution in [-0.4, -0.2) is 108 Å². The molecule has 7 rings (SSSR count). The molecule has 62 heavy (non-hydrogen) atoms. The second kappa shape index (κ2) is 21.4. The number of aromatic nitrogens is 2. The molecule has 322 valence electrons. The summed E-state index contributed by atoms with van der Waals surface area (Å²) in [5.74, 6) is 0.354. The smallest absolute Gasteiger partial charge is 0.421 e. The summed E-state index contributed by atoms with van der Waals surface area (Å²) >= 11 is 0. The summed E-state index contributed by atoms with van der Waals surface area (Å²) in [4.78, 5) is 74.9. The minimum atomic E-state index is -0.735. The monoisotopic (exact) mass is 843 g/mol. The van der Waals surface area contributed by atoms with Crippen LogP contribution in [0.1, 0.15) is 41.1 Å². The van der Waals surface area contributed by atoms with Crippen molar-refractivity contribution in [2.45, 2.75) is 37.4 Å². The molecule has 5 N–H and O–H groups in total. The number of nitrogens with two attached hydrogens (primary N) is 2. The lowest BCUT2D eigenvalue weighted by Crippen LogP contribution is -2.66. The number of nitrogens with zero attached hydrogens (tertiary/aromatic N) is 5. The van der Waals surface area contributed by atoms with Gasteiger partial charge in [-0.3, -0.25) is 19.8 Å². The number of carbonyl (C=O) groups is 5. The van der Waals surface area contributed by atoms with Gasteiger partial charge in [-0.25, -0.2) is 24.4 Å². The number of primary amides is 1. The minimum Gasteiger partial charge on any atom is -0.497 e. The van der Waals surface area contributed by atoms with Gasteiger partial charge in [0.25, 0.3) is 5.91 Å². The number of hydrogen-bond donors (Lipinski definition) is 3. The van der Waals surface area contributed by atoms with E-state index in [1.54, 1.807) is 85.1 Å². The Morgan fingerprint density at radius 3 is 1.94 bits per heavy atom. The van der Waals surface area contributed by atoms with Crippen LogP contribution in [0.2, 0.25) is 0 Å². The van der Waals surface area contributed by atoms with Crippen molar-refractivity contribution < 1.29 is 42.7 Å². The summed E-state index contributed by atoms with van der Waals surface area (Å²) in [6, 6.07) is 35.2. The summed E-state index contributed by atoms with van der Waals surface area (Å²) in [6.45, 7) is 0.794. The number of methoxy groups -OCH3 is 1. The van der Waals surface area contributed by atoms with Gasteiger partial charge in [0.2, 0.25) is 17.7 Å². The van der Waals surface area contributed by atoms with Gasteiger partial charge in [-0.1, -0.05) is 60.7 Å². The van der Waals surface area contributed by atoms with Crippen LogP contribution in [0.15, 0.2) is 134 Å². The summed E-state index contributed by atoms with van der Waals surface area (Å²) in [7, 11) is 1.54. The zero-order valence-corrected chi connectivity index (χ0v) is 34.5. The first-order valence-corrected chi connectivity index (χ1v) is 20.3. The molecule has 2 aliphatic rings. The second-order valence-corrected chi connectivity index (χ2v) is 14.7. The van der Waals surface area contributed by atoms with Crippen molar-refractivity contribution >= 4 is 35.5 Å². The lowest BCUT2D eigenvalue weighted by molar-refractivity contribution is -0.779. The van der Waals surface area contributed by atoms with Crippen molar-refractivity contribution in [3.8, 4) is 17.5 Å². The number of urea groups is 2. The molecule has 0 spiro atoms. The van der Waals surface area contributed by atoms with E-state index in [9.17, 15) is 24.0 Å². The van der Waals surface area contributed by atoms with E-state index in [-0.39, 0.29) is 50.2 Å². The highest BCUT2D eigenvalue weighted by molar-refractivity contribution is 6.08. The van der Waals surface area contributed by atoms with Gasteiger partial charge in [-0.2, -0.15) is 4.48 Å². The van der Waals surface area contributed by atoms with Gasteiger partial charge in [0.15, 0.2) is 0 Å². The van der Waals surface area contributed by atoms with Gasteiger partial charge in [0.05, 0.1) is 26.7 Å². The summed E-state index contributed by atoms with van der Waals surface area (Å²) in [5, 5.41) is 2.31. The normalized spacial score (nSPS) is 19.4. The average molecular weight is 844 g/mol. The third-order valence-electron chi connectivity index (χ3n) is 10.8. The van der Waals surface area contributed by atoms with Gasteiger partial charge in [0.1, 0.15) is 24.5 Å². The lowest BCUT2D eigenvalue weighted by Gasteiger charge is -2.38. The number of pyridine rings is 2. The number of benzene rings is 3. The fourth-order valence-electron chi connectivity index (χ4n) is 7.43. The van der Waals surface area contributed by atoms with Crippen LogP contribution in [-0.2, 0) is 9.59 Å². The maximum absolute atomic E-state index is 13.7. The maximum atomic E-state index is 13.7. The Morgan fingerprint density at radius 1 is 0.774 bits per heavy atom. The van der Waals surface area contributed by atoms with Crippen LogP contribution in [0, 0.1) is 0 Å². The number of amides is 7. The molecule has 16 nitrogen and oxygen atoms in total. The fraction of sp³-hybridized carbons (Fsp3) is 0.283. The Kier molecular flexibility index (Phi) is 15.3. The molecule has 2 aliphatic heterocycles. The zero-order chi connectivity index (χ0) is 43.9. The number of rotatable bonds is 11. The number of piperidine rings is 2. The Hall–Kier alpha value is -7.17. The number of carbonyl (C=O) groups excluding carboxylic acids is 5. The summed E-state index contributed by atoms with van der Waals surface area (Å²) in [6.07, 6.45) is 4.56. The minimum absolute atomic E-state index is 0.0225. The van der Waals surface area contributed by atoms with Crippen molar-refractivity contribution in [2.24, 2.45) is 11.5 Å². The van der Waals surface area contributed by atoms with E-state index in [1.807, 2.05) is 60.7 Å². The first-order chi connectivity index (χ1) is 30.1. The van der Waals surface area contributed by atoms with E-state index in [4.69, 9.17) is 25.7 Å². The average Bonchev–Trinajstić information content (AvgIpc) is 3.32. The molecule has 2 saturated heterocycles. The van der Waals surface area contributed by atoms with E-state index in [0.29, 0.717) is 61.1 Å². The highest BCUT2D eigenvalue weighted by atomic mass is 16.5. The standard InChI is InChI=1S/C27H28N4O5.C19H22N4O3/c1-35-22-12-10-20(11-13-22)26(33)30(21-7-3-2-4-8-21)19-25(32)31(27(28)34)17-14-23(15-18-31)36-24-9-5-6-16-29-24;20-12-17(24)22-19(25)23-11-9-16(26-18-8-4-5-10-21-18)15(13-23)14-6-2-1-3-7-14/h2-13,16,23H,14-15,17-19H2,1H3,(H-,28,34);1-8,10,15-16H,9,11-13,20H2,(H,22,24,25)/p+1. The van der Waals surface area contributed by atoms with Crippen LogP contribution >= 0.6 is 0 Å². The van der Waals surface area contributed by atoms with Crippen molar-refractivity contribution in [2.75, 3.05) is 51.3 Å². The number of anilines is 1. The van der Waals surface area contributed by atoms with Gasteiger partial charge in [-0.15, -0.1) is 0 Å². The number of quaternary nitrogens is 1. The molecule has 0 aliphatic carbocycles. The third-order valence-corrected chi connectivity index (χ3v) is 10.8. The number of likely N-dealkylation sites (tertiary alicyclic amines) is 2. The van der Waals surface area contributed by atoms with Crippen molar-refractivity contribution in [3.63, 3.8) is 0 Å². The molecule has 2 atom stereocenters. The maximum Gasteiger partial charge on any atom is 0.421 e. The molecule has 2 aromatic heterocycles. The highest BCUT2D eigenvalue weighted by Gasteiger charge is 2.48. The molecule has 0 saturated carbocycles. The number of nitrogens with one attached hydrogen (secondary N) is 1. The van der Waals surface area contributed by atoms with Gasteiger partial charge >= 0.3 is 18.0 Å². The highest BCUT2D eigenvalue weighted by Crippen LogP contribution is 2.31. The van der Waals surface area contributed by atoms with Crippen molar-refractivity contribution in [3.05, 3.63) is 145 Å². The number of para-hydroxylation sites is 1. The van der Waals surface area contributed by atoms with Crippen molar-refractivity contribution in [1.82, 2.24) is 20.2 Å². The Labute approximate surface area is 360 Å². The predicted molar refractivity (Wildman–Crippen MR) is 230 cm³/mol. The summed E-state index contributed by atoms with van der Waals surface area (Å²) < 4.78 is 16.6. The number of ether oxygens (including phenoxy) is 3. The van der Waals surface area contributed by atoms with E-state index in [2.05, 4.69) is 15.3 Å². The Bertz CT molecular complexity index is 2250. The Morgan fingerprint density at radius 2 is 1.37 bits per heavy atom. The molecular weight excluding hydrogens is 793 g/mol. The SMILES string of the molecule is COc1ccc(C(=O)N(CC(=O)[N+]2(C(N)=O)CCC(Oc3ccccn3)CC2)c2ccccc2)cc1.NCC(=O)NC(=O)N1CCC(Oc2ccccn2)C(c2ccccc2)C1. The predicted octanol–water partition coefficient (Wildman–Crippen LogP) is 4.91. The third kappa shape index (κ3) is 11.3. The molecule has 2 unspecified atom stereocenters.